The highest BCUT2D eigenvalue weighted by molar-refractivity contribution is 7.17. The van der Waals surface area contributed by atoms with Crippen LogP contribution in [0.25, 0.3) is 0 Å². The zero-order valence-corrected chi connectivity index (χ0v) is 20.6. The molecular weight excluding hydrogens is 452 g/mol. The van der Waals surface area contributed by atoms with Crippen molar-refractivity contribution in [3.8, 4) is 0 Å². The van der Waals surface area contributed by atoms with E-state index in [2.05, 4.69) is 18.8 Å². The molecule has 3 atom stereocenters. The molecule has 0 spiro atoms. The summed E-state index contributed by atoms with van der Waals surface area (Å²) in [5.41, 5.74) is 2.89. The quantitative estimate of drug-likeness (QED) is 0.581. The number of hydrogen-bond acceptors (Lipinski definition) is 7. The number of Topliss-reactive ketones (excluding diaryl/α,β-unsaturated/α-hetero) is 1. The smallest absolute Gasteiger partial charge is 0.350 e. The first-order valence-corrected chi connectivity index (χ1v) is 12.6. The van der Waals surface area contributed by atoms with Gasteiger partial charge in [0.05, 0.1) is 30.3 Å². The summed E-state index contributed by atoms with van der Waals surface area (Å²) in [7, 11) is 1.32. The Morgan fingerprint density at radius 1 is 1.18 bits per heavy atom. The molecule has 1 aromatic carbocycles. The number of ether oxygens (including phenoxy) is 2. The van der Waals surface area contributed by atoms with Crippen LogP contribution in [0.2, 0.25) is 0 Å². The summed E-state index contributed by atoms with van der Waals surface area (Å²) in [6.45, 7) is 5.95. The first-order valence-electron chi connectivity index (χ1n) is 11.8. The fourth-order valence-electron chi connectivity index (χ4n) is 5.19. The van der Waals surface area contributed by atoms with Crippen LogP contribution in [0.3, 0.4) is 0 Å². The molecule has 3 heterocycles. The van der Waals surface area contributed by atoms with Crippen LogP contribution < -0.4 is 4.90 Å². The molecule has 34 heavy (non-hydrogen) atoms. The van der Waals surface area contributed by atoms with Gasteiger partial charge in [0.1, 0.15) is 11.0 Å². The summed E-state index contributed by atoms with van der Waals surface area (Å²) < 4.78 is 11.1. The average molecular weight is 481 g/mol. The van der Waals surface area contributed by atoms with Gasteiger partial charge in [-0.3, -0.25) is 14.5 Å². The number of esters is 1. The van der Waals surface area contributed by atoms with Gasteiger partial charge in [-0.05, 0) is 43.2 Å². The Morgan fingerprint density at radius 3 is 2.56 bits per heavy atom. The minimum atomic E-state index is -0.643. The largest absolute Gasteiger partial charge is 0.483 e. The van der Waals surface area contributed by atoms with Gasteiger partial charge in [-0.1, -0.05) is 55.9 Å². The summed E-state index contributed by atoms with van der Waals surface area (Å²) >= 11 is 1.10. The molecule has 0 bridgehead atoms. The molecule has 1 aromatic heterocycles. The molecule has 0 saturated heterocycles. The van der Waals surface area contributed by atoms with Gasteiger partial charge in [-0.2, -0.15) is 0 Å². The highest BCUT2D eigenvalue weighted by atomic mass is 32.1. The lowest BCUT2D eigenvalue weighted by Gasteiger charge is -2.35. The Bertz CT molecular complexity index is 1200. The molecule has 1 fully saturated rings. The fourth-order valence-corrected chi connectivity index (χ4v) is 6.20. The first kappa shape index (κ1) is 22.8. The van der Waals surface area contributed by atoms with Crippen molar-refractivity contribution in [3.05, 3.63) is 57.3 Å². The van der Waals surface area contributed by atoms with Crippen molar-refractivity contribution in [1.82, 2.24) is 4.98 Å². The van der Waals surface area contributed by atoms with Crippen LogP contribution in [0.1, 0.15) is 78.0 Å². The van der Waals surface area contributed by atoms with Crippen molar-refractivity contribution in [2.75, 3.05) is 12.0 Å². The predicted molar refractivity (Wildman–Crippen MR) is 128 cm³/mol. The zero-order valence-electron chi connectivity index (χ0n) is 19.8. The SMILES string of the molecule is COC(=O)c1sc(N2C(=O)C3=C(C(=O)C4CCCCC4O3)C2c2ccc(C(C)C)cc2)nc1C. The number of aryl methyl sites for hydroxylation is 1. The summed E-state index contributed by atoms with van der Waals surface area (Å²) in [5.74, 6) is -0.601. The third kappa shape index (κ3) is 3.55. The van der Waals surface area contributed by atoms with Crippen LogP contribution in [0, 0.1) is 12.8 Å². The second-order valence-corrected chi connectivity index (χ2v) is 10.4. The van der Waals surface area contributed by atoms with E-state index in [4.69, 9.17) is 9.47 Å². The average Bonchev–Trinajstić information content (AvgIpc) is 3.36. The van der Waals surface area contributed by atoms with Gasteiger partial charge in [0, 0.05) is 0 Å². The molecule has 3 unspecified atom stereocenters. The molecule has 2 aliphatic heterocycles. The van der Waals surface area contributed by atoms with Gasteiger partial charge in [0.25, 0.3) is 5.91 Å². The molecule has 0 radical (unpaired) electrons. The van der Waals surface area contributed by atoms with Crippen LogP contribution in [0.4, 0.5) is 5.13 Å². The highest BCUT2D eigenvalue weighted by Crippen LogP contribution is 2.49. The van der Waals surface area contributed by atoms with E-state index >= 15 is 0 Å². The molecular formula is C26H28N2O5S. The number of thiazole rings is 1. The maximum absolute atomic E-state index is 13.7. The van der Waals surface area contributed by atoms with E-state index in [-0.39, 0.29) is 29.5 Å². The van der Waals surface area contributed by atoms with Crippen molar-refractivity contribution < 1.29 is 23.9 Å². The summed E-state index contributed by atoms with van der Waals surface area (Å²) in [4.78, 5) is 46.1. The molecule has 7 nitrogen and oxygen atoms in total. The predicted octanol–water partition coefficient (Wildman–Crippen LogP) is 4.86. The van der Waals surface area contributed by atoms with Crippen LogP contribution in [0.5, 0.6) is 0 Å². The van der Waals surface area contributed by atoms with Gasteiger partial charge in [0.2, 0.25) is 0 Å². The number of aromatic nitrogens is 1. The van der Waals surface area contributed by atoms with Gasteiger partial charge in [0.15, 0.2) is 16.7 Å². The Balaban J connectivity index is 1.63. The lowest BCUT2D eigenvalue weighted by atomic mass is 9.77. The zero-order chi connectivity index (χ0) is 24.1. The number of anilines is 1. The van der Waals surface area contributed by atoms with E-state index in [9.17, 15) is 14.4 Å². The number of carbonyl (C=O) groups is 3. The molecule has 8 heteroatoms. The molecule has 3 aliphatic rings. The topological polar surface area (TPSA) is 85.8 Å². The van der Waals surface area contributed by atoms with Crippen molar-refractivity contribution in [2.45, 2.75) is 64.5 Å². The number of hydrogen-bond donors (Lipinski definition) is 0. The second-order valence-electron chi connectivity index (χ2n) is 9.46. The Morgan fingerprint density at radius 2 is 1.88 bits per heavy atom. The van der Waals surface area contributed by atoms with E-state index in [1.807, 2.05) is 24.3 Å². The number of rotatable bonds is 4. The highest BCUT2D eigenvalue weighted by Gasteiger charge is 2.53. The fraction of sp³-hybridized carbons (Fsp3) is 0.462. The molecule has 178 valence electrons. The summed E-state index contributed by atoms with van der Waals surface area (Å²) in [5, 5.41) is 0.356. The van der Waals surface area contributed by atoms with Crippen LogP contribution in [-0.4, -0.2) is 35.9 Å². The molecule has 1 amide bonds. The van der Waals surface area contributed by atoms with Gasteiger partial charge in [-0.25, -0.2) is 9.78 Å². The minimum Gasteiger partial charge on any atom is -0.483 e. The van der Waals surface area contributed by atoms with Crippen molar-refractivity contribution in [2.24, 2.45) is 5.92 Å². The van der Waals surface area contributed by atoms with Crippen molar-refractivity contribution in [1.29, 1.82) is 0 Å². The number of ketones is 1. The number of amides is 1. The number of methoxy groups -OCH3 is 1. The third-order valence-electron chi connectivity index (χ3n) is 7.04. The van der Waals surface area contributed by atoms with E-state index < -0.39 is 12.0 Å². The van der Waals surface area contributed by atoms with Gasteiger partial charge < -0.3 is 9.47 Å². The first-order chi connectivity index (χ1) is 16.3. The van der Waals surface area contributed by atoms with Crippen LogP contribution in [0.15, 0.2) is 35.6 Å². The van der Waals surface area contributed by atoms with Crippen LogP contribution >= 0.6 is 11.3 Å². The van der Waals surface area contributed by atoms with Crippen LogP contribution in [-0.2, 0) is 19.1 Å². The lowest BCUT2D eigenvalue weighted by molar-refractivity contribution is -0.131. The number of nitrogens with zero attached hydrogens (tertiary/aromatic N) is 2. The van der Waals surface area contributed by atoms with Crippen molar-refractivity contribution >= 4 is 34.1 Å². The number of benzene rings is 1. The molecule has 1 aliphatic carbocycles. The maximum Gasteiger partial charge on any atom is 0.350 e. The standard InChI is InChI=1S/C26H28N2O5S/c1-13(2)15-9-11-16(12-10-15)20-19-21(29)17-7-5-6-8-18(17)33-22(19)24(30)28(20)26-27-14(3)23(34-26)25(31)32-4/h9-13,17-18,20H,5-8H2,1-4H3. The maximum atomic E-state index is 13.7. The monoisotopic (exact) mass is 480 g/mol. The Labute approximate surface area is 202 Å². The molecule has 0 N–H and O–H groups in total. The summed E-state index contributed by atoms with van der Waals surface area (Å²) in [6, 6.07) is 7.36. The Kier molecular flexibility index (Phi) is 5.80. The van der Waals surface area contributed by atoms with E-state index in [1.165, 1.54) is 17.6 Å². The lowest BCUT2D eigenvalue weighted by Crippen LogP contribution is -2.39. The second kappa shape index (κ2) is 8.65. The van der Waals surface area contributed by atoms with E-state index in [1.54, 1.807) is 6.92 Å². The Hall–Kier alpha value is -3.00. The molecule has 1 saturated carbocycles. The summed E-state index contributed by atoms with van der Waals surface area (Å²) in [6.07, 6.45) is 3.27. The van der Waals surface area contributed by atoms with Gasteiger partial charge in [-0.15, -0.1) is 0 Å². The van der Waals surface area contributed by atoms with Crippen molar-refractivity contribution in [3.63, 3.8) is 0 Å². The van der Waals surface area contributed by atoms with Gasteiger partial charge >= 0.3 is 5.97 Å². The van der Waals surface area contributed by atoms with E-state index in [0.29, 0.717) is 27.2 Å². The normalized spacial score (nSPS) is 24.3. The molecule has 2 aromatic rings. The van der Waals surface area contributed by atoms with E-state index in [0.717, 1.165) is 42.6 Å². The number of fused-ring (bicyclic) bond motifs is 1. The third-order valence-corrected chi connectivity index (χ3v) is 8.18. The molecule has 5 rings (SSSR count). The number of carbonyl (C=O) groups excluding carboxylic acids is 3. The minimum absolute atomic E-state index is 0.00112.